The molecule has 0 aromatic rings. The quantitative estimate of drug-likeness (QED) is 0.353. The van der Waals surface area contributed by atoms with Crippen molar-refractivity contribution in [3.05, 3.63) is 25.3 Å². The van der Waals surface area contributed by atoms with Gasteiger partial charge in [0.15, 0.2) is 0 Å². The molecule has 0 spiro atoms. The van der Waals surface area contributed by atoms with Crippen molar-refractivity contribution >= 4 is 11.9 Å². The molecular formula is C11H16N2O4. The molecule has 1 fully saturated rings. The standard InChI is InChI=1S/C11H16N2O4/c1-3-5-16-8-12-7-10(14)13(11(12)15)9-17-6-4-2/h3-4H,1-2,5-9H2. The molecule has 17 heavy (non-hydrogen) atoms. The minimum absolute atomic E-state index is 0.0213. The largest absolute Gasteiger partial charge is 0.357 e. The third-order valence-electron chi connectivity index (χ3n) is 2.07. The molecule has 1 rings (SSSR count). The van der Waals surface area contributed by atoms with E-state index < -0.39 is 6.03 Å². The zero-order valence-electron chi connectivity index (χ0n) is 9.63. The Morgan fingerprint density at radius 1 is 1.12 bits per heavy atom. The highest BCUT2D eigenvalue weighted by molar-refractivity contribution is 6.01. The summed E-state index contributed by atoms with van der Waals surface area (Å²) in [6, 6.07) is -0.400. The van der Waals surface area contributed by atoms with Crippen LogP contribution < -0.4 is 0 Å². The van der Waals surface area contributed by atoms with Crippen molar-refractivity contribution in [3.63, 3.8) is 0 Å². The first-order valence-electron chi connectivity index (χ1n) is 5.17. The highest BCUT2D eigenvalue weighted by Crippen LogP contribution is 2.09. The number of hydrogen-bond acceptors (Lipinski definition) is 4. The molecule has 6 heteroatoms. The number of carbonyl (C=O) groups is 2. The fourth-order valence-corrected chi connectivity index (χ4v) is 1.30. The number of ether oxygens (including phenoxy) is 2. The summed E-state index contributed by atoms with van der Waals surface area (Å²) in [5, 5.41) is 0. The Bertz CT molecular complexity index is 317. The lowest BCUT2D eigenvalue weighted by Crippen LogP contribution is -2.35. The second-order valence-electron chi connectivity index (χ2n) is 3.38. The Balaban J connectivity index is 2.41. The molecule has 3 amide bonds. The van der Waals surface area contributed by atoms with E-state index in [2.05, 4.69) is 13.2 Å². The highest BCUT2D eigenvalue weighted by atomic mass is 16.5. The molecule has 0 aromatic heterocycles. The molecule has 1 aliphatic rings. The van der Waals surface area contributed by atoms with Gasteiger partial charge in [-0.3, -0.25) is 9.69 Å². The predicted octanol–water partition coefficient (Wildman–Crippen LogP) is 0.571. The second-order valence-corrected chi connectivity index (χ2v) is 3.38. The Morgan fingerprint density at radius 3 is 2.29 bits per heavy atom. The van der Waals surface area contributed by atoms with Gasteiger partial charge < -0.3 is 9.47 Å². The SMILES string of the molecule is C=CCOCN1CC(=O)N(COCC=C)C1=O. The molecule has 0 aromatic carbocycles. The summed E-state index contributed by atoms with van der Waals surface area (Å²) >= 11 is 0. The van der Waals surface area contributed by atoms with Crippen LogP contribution in [0.15, 0.2) is 25.3 Å². The Hall–Kier alpha value is -1.66. The molecule has 0 aliphatic carbocycles. The molecule has 0 bridgehead atoms. The van der Waals surface area contributed by atoms with Crippen LogP contribution in [0.4, 0.5) is 4.79 Å². The minimum atomic E-state index is -0.400. The van der Waals surface area contributed by atoms with E-state index in [1.807, 2.05) is 0 Å². The van der Waals surface area contributed by atoms with Crippen LogP contribution in [-0.2, 0) is 14.3 Å². The number of rotatable bonds is 8. The number of carbonyl (C=O) groups excluding carboxylic acids is 2. The average molecular weight is 240 g/mol. The molecule has 6 nitrogen and oxygen atoms in total. The third kappa shape index (κ3) is 3.69. The number of nitrogens with zero attached hydrogens (tertiary/aromatic N) is 2. The Morgan fingerprint density at radius 2 is 1.71 bits per heavy atom. The molecule has 0 saturated carbocycles. The summed E-state index contributed by atoms with van der Waals surface area (Å²) in [4.78, 5) is 25.6. The zero-order chi connectivity index (χ0) is 12.7. The molecule has 1 aliphatic heterocycles. The lowest BCUT2D eigenvalue weighted by Gasteiger charge is -2.16. The predicted molar refractivity (Wildman–Crippen MR) is 61.0 cm³/mol. The number of urea groups is 1. The molecular weight excluding hydrogens is 224 g/mol. The maximum atomic E-state index is 11.7. The van der Waals surface area contributed by atoms with Crippen LogP contribution in [0.1, 0.15) is 0 Å². The minimum Gasteiger partial charge on any atom is -0.357 e. The summed E-state index contributed by atoms with van der Waals surface area (Å²) in [6.45, 7) is 7.64. The first kappa shape index (κ1) is 13.4. The molecule has 0 N–H and O–H groups in total. The average Bonchev–Trinajstić information content (AvgIpc) is 2.57. The van der Waals surface area contributed by atoms with E-state index in [1.54, 1.807) is 12.2 Å². The molecule has 0 atom stereocenters. The van der Waals surface area contributed by atoms with Crippen LogP contribution in [0, 0.1) is 0 Å². The van der Waals surface area contributed by atoms with Gasteiger partial charge >= 0.3 is 6.03 Å². The van der Waals surface area contributed by atoms with E-state index >= 15 is 0 Å². The van der Waals surface area contributed by atoms with Crippen LogP contribution in [0.5, 0.6) is 0 Å². The first-order chi connectivity index (χ1) is 8.20. The van der Waals surface area contributed by atoms with Crippen molar-refractivity contribution in [1.82, 2.24) is 9.80 Å². The summed E-state index contributed by atoms with van der Waals surface area (Å²) in [5.41, 5.74) is 0. The van der Waals surface area contributed by atoms with Gasteiger partial charge in [-0.1, -0.05) is 12.2 Å². The number of imide groups is 1. The zero-order valence-corrected chi connectivity index (χ0v) is 9.63. The van der Waals surface area contributed by atoms with Crippen LogP contribution >= 0.6 is 0 Å². The van der Waals surface area contributed by atoms with Gasteiger partial charge in [-0.15, -0.1) is 13.2 Å². The lowest BCUT2D eigenvalue weighted by atomic mass is 10.6. The van der Waals surface area contributed by atoms with Crippen molar-refractivity contribution < 1.29 is 19.1 Å². The molecule has 0 unspecified atom stereocenters. The van der Waals surface area contributed by atoms with Crippen LogP contribution in [-0.4, -0.2) is 55.0 Å². The van der Waals surface area contributed by atoms with Gasteiger partial charge in [-0.2, -0.15) is 0 Å². The van der Waals surface area contributed by atoms with Gasteiger partial charge in [0.1, 0.15) is 20.0 Å². The Kier molecular flexibility index (Phi) is 5.38. The maximum Gasteiger partial charge on any atom is 0.330 e. The van der Waals surface area contributed by atoms with E-state index in [-0.39, 0.29) is 25.9 Å². The fourth-order valence-electron chi connectivity index (χ4n) is 1.30. The van der Waals surface area contributed by atoms with Crippen molar-refractivity contribution in [2.75, 3.05) is 33.2 Å². The van der Waals surface area contributed by atoms with Gasteiger partial charge in [-0.25, -0.2) is 9.69 Å². The van der Waals surface area contributed by atoms with Crippen molar-refractivity contribution in [3.8, 4) is 0 Å². The Labute approximate surface area is 100 Å². The summed E-state index contributed by atoms with van der Waals surface area (Å²) < 4.78 is 10.2. The smallest absolute Gasteiger partial charge is 0.330 e. The van der Waals surface area contributed by atoms with E-state index in [0.717, 1.165) is 4.90 Å². The summed E-state index contributed by atoms with van der Waals surface area (Å²) in [7, 11) is 0. The van der Waals surface area contributed by atoms with E-state index in [0.29, 0.717) is 13.2 Å². The van der Waals surface area contributed by atoms with Crippen LogP contribution in [0.3, 0.4) is 0 Å². The van der Waals surface area contributed by atoms with Crippen molar-refractivity contribution in [2.45, 2.75) is 0 Å². The fraction of sp³-hybridized carbons (Fsp3) is 0.455. The topological polar surface area (TPSA) is 59.1 Å². The molecule has 94 valence electrons. The van der Waals surface area contributed by atoms with Gasteiger partial charge in [0, 0.05) is 0 Å². The number of hydrogen-bond donors (Lipinski definition) is 0. The van der Waals surface area contributed by atoms with E-state index in [9.17, 15) is 9.59 Å². The van der Waals surface area contributed by atoms with Crippen molar-refractivity contribution in [2.24, 2.45) is 0 Å². The highest BCUT2D eigenvalue weighted by Gasteiger charge is 2.35. The van der Waals surface area contributed by atoms with Gasteiger partial charge in [0.2, 0.25) is 0 Å². The first-order valence-corrected chi connectivity index (χ1v) is 5.17. The normalized spacial score (nSPS) is 15.5. The van der Waals surface area contributed by atoms with E-state index in [4.69, 9.17) is 9.47 Å². The van der Waals surface area contributed by atoms with Crippen LogP contribution in [0.25, 0.3) is 0 Å². The van der Waals surface area contributed by atoms with Gasteiger partial charge in [-0.05, 0) is 0 Å². The monoisotopic (exact) mass is 240 g/mol. The van der Waals surface area contributed by atoms with Gasteiger partial charge in [0.05, 0.1) is 13.2 Å². The number of amides is 3. The van der Waals surface area contributed by atoms with Gasteiger partial charge in [0.25, 0.3) is 5.91 Å². The van der Waals surface area contributed by atoms with Crippen LogP contribution in [0.2, 0.25) is 0 Å². The molecule has 1 saturated heterocycles. The lowest BCUT2D eigenvalue weighted by molar-refractivity contribution is -0.128. The molecule has 0 radical (unpaired) electrons. The summed E-state index contributed by atoms with van der Waals surface area (Å²) in [6.07, 6.45) is 3.13. The second kappa shape index (κ2) is 6.82. The van der Waals surface area contributed by atoms with E-state index in [1.165, 1.54) is 4.90 Å². The molecule has 1 heterocycles. The van der Waals surface area contributed by atoms with Crippen molar-refractivity contribution in [1.29, 1.82) is 0 Å². The summed E-state index contributed by atoms with van der Waals surface area (Å²) in [5.74, 6) is -0.290. The maximum absolute atomic E-state index is 11.7. The third-order valence-corrected chi connectivity index (χ3v) is 2.07.